The Labute approximate surface area is 102 Å². The third kappa shape index (κ3) is 3.46. The predicted octanol–water partition coefficient (Wildman–Crippen LogP) is 3.40. The Morgan fingerprint density at radius 1 is 1.31 bits per heavy atom. The first-order valence-electron chi connectivity index (χ1n) is 6.15. The fourth-order valence-electron chi connectivity index (χ4n) is 2.35. The normalized spacial score (nSPS) is 17.6. The van der Waals surface area contributed by atoms with Crippen molar-refractivity contribution in [2.24, 2.45) is 5.92 Å². The molecule has 0 radical (unpaired) electrons. The number of pyridine rings is 1. The van der Waals surface area contributed by atoms with Gasteiger partial charge in [-0.3, -0.25) is 4.98 Å². The Balaban J connectivity index is 1.73. The van der Waals surface area contributed by atoms with Crippen LogP contribution in [0.1, 0.15) is 37.7 Å². The lowest BCUT2D eigenvalue weighted by Crippen LogP contribution is -2.24. The minimum Gasteiger partial charge on any atom is -0.312 e. The smallest absolute Gasteiger partial charge is 0.0634 e. The summed E-state index contributed by atoms with van der Waals surface area (Å²) in [6.07, 6.45) is 10.5. The molecule has 1 aliphatic carbocycles. The summed E-state index contributed by atoms with van der Waals surface area (Å²) >= 11 is 6.04. The lowest BCUT2D eigenvalue weighted by molar-refractivity contribution is 0.342. The van der Waals surface area contributed by atoms with Crippen LogP contribution in [-0.2, 0) is 6.54 Å². The lowest BCUT2D eigenvalue weighted by atomic mass is 9.89. The van der Waals surface area contributed by atoms with E-state index in [0.29, 0.717) is 0 Å². The molecule has 1 aromatic rings. The van der Waals surface area contributed by atoms with E-state index in [2.05, 4.69) is 10.3 Å². The Bertz CT molecular complexity index is 321. The summed E-state index contributed by atoms with van der Waals surface area (Å²) in [7, 11) is 0. The van der Waals surface area contributed by atoms with Gasteiger partial charge in [-0.15, -0.1) is 0 Å². The van der Waals surface area contributed by atoms with Crippen LogP contribution in [0, 0.1) is 5.92 Å². The van der Waals surface area contributed by atoms with E-state index in [4.69, 9.17) is 11.6 Å². The average Bonchev–Trinajstić information content (AvgIpc) is 2.33. The maximum Gasteiger partial charge on any atom is 0.0634 e. The molecule has 3 heteroatoms. The molecule has 2 nitrogen and oxygen atoms in total. The molecule has 2 rings (SSSR count). The Morgan fingerprint density at radius 3 is 2.88 bits per heavy atom. The van der Waals surface area contributed by atoms with E-state index < -0.39 is 0 Å². The third-order valence-corrected chi connectivity index (χ3v) is 3.67. The highest BCUT2D eigenvalue weighted by atomic mass is 35.5. The quantitative estimate of drug-likeness (QED) is 0.870. The number of nitrogens with zero attached hydrogens (tertiary/aromatic N) is 1. The molecular formula is C13H19ClN2. The van der Waals surface area contributed by atoms with E-state index >= 15 is 0 Å². The van der Waals surface area contributed by atoms with Crippen molar-refractivity contribution in [3.05, 3.63) is 29.0 Å². The van der Waals surface area contributed by atoms with E-state index in [9.17, 15) is 0 Å². The van der Waals surface area contributed by atoms with Gasteiger partial charge in [-0.2, -0.15) is 0 Å². The molecule has 0 bridgehead atoms. The summed E-state index contributed by atoms with van der Waals surface area (Å²) in [5, 5.41) is 4.26. The molecule has 1 saturated carbocycles. The van der Waals surface area contributed by atoms with Crippen LogP contribution in [-0.4, -0.2) is 11.5 Å². The molecule has 1 aliphatic rings. The second kappa shape index (κ2) is 6.21. The average molecular weight is 239 g/mol. The van der Waals surface area contributed by atoms with E-state index in [1.54, 1.807) is 12.4 Å². The summed E-state index contributed by atoms with van der Waals surface area (Å²) in [4.78, 5) is 3.98. The number of nitrogens with one attached hydrogen (secondary N) is 1. The zero-order valence-electron chi connectivity index (χ0n) is 9.58. The van der Waals surface area contributed by atoms with E-state index in [-0.39, 0.29) is 0 Å². The molecule has 0 atom stereocenters. The van der Waals surface area contributed by atoms with Gasteiger partial charge in [-0.05, 0) is 36.9 Å². The van der Waals surface area contributed by atoms with E-state index in [1.807, 2.05) is 6.07 Å². The summed E-state index contributed by atoms with van der Waals surface area (Å²) < 4.78 is 0. The number of rotatable bonds is 4. The summed E-state index contributed by atoms with van der Waals surface area (Å²) in [6, 6.07) is 1.98. The maximum absolute atomic E-state index is 6.04. The molecule has 0 saturated heterocycles. The summed E-state index contributed by atoms with van der Waals surface area (Å²) in [5.41, 5.74) is 1.15. The van der Waals surface area contributed by atoms with Crippen molar-refractivity contribution in [3.8, 4) is 0 Å². The fraction of sp³-hybridized carbons (Fsp3) is 0.615. The minimum absolute atomic E-state index is 0.763. The zero-order valence-corrected chi connectivity index (χ0v) is 10.3. The molecule has 1 aromatic heterocycles. The van der Waals surface area contributed by atoms with Gasteiger partial charge in [-0.1, -0.05) is 30.9 Å². The van der Waals surface area contributed by atoms with E-state index in [0.717, 1.165) is 29.6 Å². The largest absolute Gasteiger partial charge is 0.312 e. The zero-order chi connectivity index (χ0) is 11.2. The molecule has 16 heavy (non-hydrogen) atoms. The summed E-state index contributed by atoms with van der Waals surface area (Å²) in [5.74, 6) is 0.870. The molecule has 1 heterocycles. The van der Waals surface area contributed by atoms with E-state index in [1.165, 1.54) is 32.1 Å². The van der Waals surface area contributed by atoms with Crippen LogP contribution >= 0.6 is 11.6 Å². The summed E-state index contributed by atoms with van der Waals surface area (Å²) in [6.45, 7) is 1.98. The second-order valence-electron chi connectivity index (χ2n) is 4.60. The number of hydrogen-bond donors (Lipinski definition) is 1. The minimum atomic E-state index is 0.763. The van der Waals surface area contributed by atoms with Crippen LogP contribution in [0.15, 0.2) is 18.5 Å². The van der Waals surface area contributed by atoms with Gasteiger partial charge >= 0.3 is 0 Å². The molecule has 88 valence electrons. The molecule has 1 fully saturated rings. The Kier molecular flexibility index (Phi) is 4.61. The highest BCUT2D eigenvalue weighted by Gasteiger charge is 2.12. The Hall–Kier alpha value is -0.600. The van der Waals surface area contributed by atoms with Gasteiger partial charge < -0.3 is 5.32 Å². The standard InChI is InChI=1S/C13H19ClN2/c14-13-10-15-7-6-12(13)9-16-8-11-4-2-1-3-5-11/h6-7,10-11,16H,1-5,8-9H2. The first-order valence-corrected chi connectivity index (χ1v) is 6.53. The van der Waals surface area contributed by atoms with Gasteiger partial charge in [0.25, 0.3) is 0 Å². The van der Waals surface area contributed by atoms with Gasteiger partial charge in [0.2, 0.25) is 0 Å². The van der Waals surface area contributed by atoms with Gasteiger partial charge in [0, 0.05) is 18.9 Å². The van der Waals surface area contributed by atoms with Crippen molar-refractivity contribution in [2.75, 3.05) is 6.54 Å². The highest BCUT2D eigenvalue weighted by molar-refractivity contribution is 6.31. The molecule has 1 N–H and O–H groups in total. The first-order chi connectivity index (χ1) is 7.86. The topological polar surface area (TPSA) is 24.9 Å². The van der Waals surface area contributed by atoms with Crippen molar-refractivity contribution in [2.45, 2.75) is 38.6 Å². The molecule has 0 aliphatic heterocycles. The maximum atomic E-state index is 6.04. The molecule has 0 aromatic carbocycles. The highest BCUT2D eigenvalue weighted by Crippen LogP contribution is 2.23. The fourth-order valence-corrected chi connectivity index (χ4v) is 2.54. The van der Waals surface area contributed by atoms with Crippen LogP contribution in [0.4, 0.5) is 0 Å². The lowest BCUT2D eigenvalue weighted by Gasteiger charge is -2.21. The first kappa shape index (κ1) is 11.9. The Morgan fingerprint density at radius 2 is 2.12 bits per heavy atom. The number of halogens is 1. The number of aromatic nitrogens is 1. The molecular weight excluding hydrogens is 220 g/mol. The van der Waals surface area contributed by atoms with Crippen LogP contribution in [0.2, 0.25) is 5.02 Å². The van der Waals surface area contributed by atoms with Crippen molar-refractivity contribution < 1.29 is 0 Å². The van der Waals surface area contributed by atoms with Crippen molar-refractivity contribution in [1.82, 2.24) is 10.3 Å². The van der Waals surface area contributed by atoms with Gasteiger partial charge in [-0.25, -0.2) is 0 Å². The predicted molar refractivity (Wildman–Crippen MR) is 67.5 cm³/mol. The van der Waals surface area contributed by atoms with Crippen LogP contribution in [0.3, 0.4) is 0 Å². The SMILES string of the molecule is Clc1cnccc1CNCC1CCCCC1. The van der Waals surface area contributed by atoms with Gasteiger partial charge in [0.05, 0.1) is 5.02 Å². The third-order valence-electron chi connectivity index (χ3n) is 3.33. The van der Waals surface area contributed by atoms with Crippen LogP contribution in [0.5, 0.6) is 0 Å². The molecule has 0 spiro atoms. The van der Waals surface area contributed by atoms with Crippen LogP contribution < -0.4 is 5.32 Å². The monoisotopic (exact) mass is 238 g/mol. The molecule has 0 unspecified atom stereocenters. The second-order valence-corrected chi connectivity index (χ2v) is 5.01. The number of hydrogen-bond acceptors (Lipinski definition) is 2. The van der Waals surface area contributed by atoms with Crippen molar-refractivity contribution in [1.29, 1.82) is 0 Å². The van der Waals surface area contributed by atoms with Crippen molar-refractivity contribution >= 4 is 11.6 Å². The van der Waals surface area contributed by atoms with Crippen molar-refractivity contribution in [3.63, 3.8) is 0 Å². The van der Waals surface area contributed by atoms with Crippen LogP contribution in [0.25, 0.3) is 0 Å². The van der Waals surface area contributed by atoms with Gasteiger partial charge in [0.15, 0.2) is 0 Å². The molecule has 0 amide bonds. The van der Waals surface area contributed by atoms with Gasteiger partial charge in [0.1, 0.15) is 0 Å².